The number of anilines is 1. The molecule has 1 aromatic carbocycles. The van der Waals surface area contributed by atoms with Gasteiger partial charge in [0.05, 0.1) is 11.7 Å². The molecule has 1 aliphatic rings. The zero-order valence-corrected chi connectivity index (χ0v) is 10.8. The van der Waals surface area contributed by atoms with Crippen LogP contribution >= 0.6 is 0 Å². The minimum Gasteiger partial charge on any atom is -0.385 e. The highest BCUT2D eigenvalue weighted by molar-refractivity contribution is 5.81. The normalized spacial score (nSPS) is 17.1. The molecule has 0 spiro atoms. The van der Waals surface area contributed by atoms with Crippen molar-refractivity contribution in [2.45, 2.75) is 38.5 Å². The van der Waals surface area contributed by atoms with E-state index in [0.717, 1.165) is 18.0 Å². The molecule has 2 N–H and O–H groups in total. The summed E-state index contributed by atoms with van der Waals surface area (Å²) in [4.78, 5) is 0. The SMILES string of the molecule is c1cc2cn[nH]c2cc1NCCC1CCCCC1. The van der Waals surface area contributed by atoms with Crippen molar-refractivity contribution in [2.24, 2.45) is 5.92 Å². The first kappa shape index (κ1) is 11.6. The topological polar surface area (TPSA) is 40.7 Å². The van der Waals surface area contributed by atoms with E-state index < -0.39 is 0 Å². The summed E-state index contributed by atoms with van der Waals surface area (Å²) in [6.45, 7) is 1.09. The summed E-state index contributed by atoms with van der Waals surface area (Å²) in [6.07, 6.45) is 10.3. The summed E-state index contributed by atoms with van der Waals surface area (Å²) in [5.74, 6) is 0.946. The summed E-state index contributed by atoms with van der Waals surface area (Å²) in [6, 6.07) is 6.39. The second kappa shape index (κ2) is 5.42. The molecular weight excluding hydrogens is 222 g/mol. The monoisotopic (exact) mass is 243 g/mol. The number of aromatic amines is 1. The Morgan fingerprint density at radius 1 is 1.22 bits per heavy atom. The van der Waals surface area contributed by atoms with Crippen molar-refractivity contribution in [2.75, 3.05) is 11.9 Å². The third-order valence-electron chi connectivity index (χ3n) is 4.05. The third kappa shape index (κ3) is 2.66. The highest BCUT2D eigenvalue weighted by atomic mass is 15.1. The standard InChI is InChI=1S/C15H21N3/c1-2-4-12(5-3-1)8-9-16-14-7-6-13-11-17-18-15(13)10-14/h6-7,10-12,16H,1-5,8-9H2,(H,17,18). The van der Waals surface area contributed by atoms with Gasteiger partial charge in [-0.1, -0.05) is 32.1 Å². The summed E-state index contributed by atoms with van der Waals surface area (Å²) < 4.78 is 0. The van der Waals surface area contributed by atoms with Crippen LogP contribution in [0.4, 0.5) is 5.69 Å². The zero-order chi connectivity index (χ0) is 12.2. The molecule has 2 aromatic rings. The Labute approximate surface area is 108 Å². The van der Waals surface area contributed by atoms with E-state index in [1.54, 1.807) is 0 Å². The Kier molecular flexibility index (Phi) is 3.49. The van der Waals surface area contributed by atoms with Crippen LogP contribution in [-0.4, -0.2) is 16.7 Å². The first-order valence-electron chi connectivity index (χ1n) is 7.09. The fourth-order valence-electron chi connectivity index (χ4n) is 2.94. The Morgan fingerprint density at radius 2 is 2.11 bits per heavy atom. The van der Waals surface area contributed by atoms with Gasteiger partial charge in [0, 0.05) is 17.6 Å². The summed E-state index contributed by atoms with van der Waals surface area (Å²) >= 11 is 0. The predicted molar refractivity (Wildman–Crippen MR) is 75.8 cm³/mol. The molecule has 0 amide bonds. The zero-order valence-electron chi connectivity index (χ0n) is 10.8. The molecule has 18 heavy (non-hydrogen) atoms. The third-order valence-corrected chi connectivity index (χ3v) is 4.05. The van der Waals surface area contributed by atoms with Gasteiger partial charge in [0.25, 0.3) is 0 Å². The largest absolute Gasteiger partial charge is 0.385 e. The number of benzene rings is 1. The van der Waals surface area contributed by atoms with E-state index in [-0.39, 0.29) is 0 Å². The smallest absolute Gasteiger partial charge is 0.0670 e. The molecule has 3 nitrogen and oxygen atoms in total. The highest BCUT2D eigenvalue weighted by Crippen LogP contribution is 2.26. The molecule has 1 saturated carbocycles. The van der Waals surface area contributed by atoms with E-state index in [4.69, 9.17) is 0 Å². The average Bonchev–Trinajstić information content (AvgIpc) is 2.87. The van der Waals surface area contributed by atoms with Crippen LogP contribution in [0.2, 0.25) is 0 Å². The molecule has 0 aliphatic heterocycles. The van der Waals surface area contributed by atoms with Gasteiger partial charge in [-0.15, -0.1) is 0 Å². The van der Waals surface area contributed by atoms with Crippen LogP contribution in [0.15, 0.2) is 24.4 Å². The minimum absolute atomic E-state index is 0.946. The Balaban J connectivity index is 1.52. The maximum Gasteiger partial charge on any atom is 0.0670 e. The van der Waals surface area contributed by atoms with Crippen molar-refractivity contribution in [3.8, 4) is 0 Å². The van der Waals surface area contributed by atoms with Gasteiger partial charge in [-0.3, -0.25) is 5.10 Å². The molecule has 1 heterocycles. The quantitative estimate of drug-likeness (QED) is 0.853. The number of hydrogen-bond donors (Lipinski definition) is 2. The van der Waals surface area contributed by atoms with Crippen LogP contribution in [0.3, 0.4) is 0 Å². The lowest BCUT2D eigenvalue weighted by Gasteiger charge is -2.21. The lowest BCUT2D eigenvalue weighted by atomic mass is 9.87. The molecule has 0 saturated heterocycles. The number of rotatable bonds is 4. The lowest BCUT2D eigenvalue weighted by Crippen LogP contribution is -2.12. The maximum atomic E-state index is 4.04. The molecule has 0 radical (unpaired) electrons. The fourth-order valence-corrected chi connectivity index (χ4v) is 2.94. The van der Waals surface area contributed by atoms with Crippen molar-refractivity contribution >= 4 is 16.6 Å². The molecular formula is C15H21N3. The molecule has 0 atom stereocenters. The van der Waals surface area contributed by atoms with Crippen LogP contribution in [-0.2, 0) is 0 Å². The molecule has 96 valence electrons. The van der Waals surface area contributed by atoms with Crippen LogP contribution in [0.25, 0.3) is 10.9 Å². The second-order valence-electron chi connectivity index (χ2n) is 5.39. The Morgan fingerprint density at radius 3 is 3.00 bits per heavy atom. The van der Waals surface area contributed by atoms with Crippen LogP contribution in [0.5, 0.6) is 0 Å². The van der Waals surface area contributed by atoms with E-state index in [0.29, 0.717) is 0 Å². The number of hydrogen-bond acceptors (Lipinski definition) is 2. The van der Waals surface area contributed by atoms with E-state index in [9.17, 15) is 0 Å². The molecule has 1 aromatic heterocycles. The van der Waals surface area contributed by atoms with Crippen molar-refractivity contribution in [1.82, 2.24) is 10.2 Å². The highest BCUT2D eigenvalue weighted by Gasteiger charge is 2.12. The van der Waals surface area contributed by atoms with E-state index in [2.05, 4.69) is 33.7 Å². The summed E-state index contributed by atoms with van der Waals surface area (Å²) in [7, 11) is 0. The molecule has 3 heteroatoms. The van der Waals surface area contributed by atoms with Gasteiger partial charge >= 0.3 is 0 Å². The van der Waals surface area contributed by atoms with Gasteiger partial charge in [0.2, 0.25) is 0 Å². The van der Waals surface area contributed by atoms with Gasteiger partial charge in [0.1, 0.15) is 0 Å². The molecule has 0 unspecified atom stereocenters. The summed E-state index contributed by atoms with van der Waals surface area (Å²) in [5.41, 5.74) is 2.31. The van der Waals surface area contributed by atoms with E-state index in [1.165, 1.54) is 49.6 Å². The molecule has 0 bridgehead atoms. The first-order chi connectivity index (χ1) is 8.92. The van der Waals surface area contributed by atoms with E-state index >= 15 is 0 Å². The average molecular weight is 243 g/mol. The Hall–Kier alpha value is -1.51. The van der Waals surface area contributed by atoms with Gasteiger partial charge < -0.3 is 5.32 Å². The van der Waals surface area contributed by atoms with Crippen LogP contribution in [0.1, 0.15) is 38.5 Å². The predicted octanol–water partition coefficient (Wildman–Crippen LogP) is 3.95. The number of nitrogens with one attached hydrogen (secondary N) is 2. The van der Waals surface area contributed by atoms with Crippen molar-refractivity contribution < 1.29 is 0 Å². The Bertz CT molecular complexity index is 497. The number of fused-ring (bicyclic) bond motifs is 1. The van der Waals surface area contributed by atoms with Gasteiger partial charge in [0.15, 0.2) is 0 Å². The number of nitrogens with zero attached hydrogens (tertiary/aromatic N) is 1. The van der Waals surface area contributed by atoms with Gasteiger partial charge in [-0.25, -0.2) is 0 Å². The van der Waals surface area contributed by atoms with Gasteiger partial charge in [-0.2, -0.15) is 5.10 Å². The second-order valence-corrected chi connectivity index (χ2v) is 5.39. The molecule has 1 fully saturated rings. The maximum absolute atomic E-state index is 4.04. The first-order valence-corrected chi connectivity index (χ1v) is 7.09. The van der Waals surface area contributed by atoms with Gasteiger partial charge in [-0.05, 0) is 30.5 Å². The number of aromatic nitrogens is 2. The number of H-pyrrole nitrogens is 1. The molecule has 1 aliphatic carbocycles. The van der Waals surface area contributed by atoms with E-state index in [1.807, 2.05) is 6.20 Å². The van der Waals surface area contributed by atoms with Crippen molar-refractivity contribution in [1.29, 1.82) is 0 Å². The van der Waals surface area contributed by atoms with Crippen LogP contribution in [0, 0.1) is 5.92 Å². The fraction of sp³-hybridized carbons (Fsp3) is 0.533. The van der Waals surface area contributed by atoms with Crippen molar-refractivity contribution in [3.63, 3.8) is 0 Å². The van der Waals surface area contributed by atoms with Crippen molar-refractivity contribution in [3.05, 3.63) is 24.4 Å². The lowest BCUT2D eigenvalue weighted by molar-refractivity contribution is 0.345. The summed E-state index contributed by atoms with van der Waals surface area (Å²) in [5, 5.41) is 11.8. The van der Waals surface area contributed by atoms with Crippen LogP contribution < -0.4 is 5.32 Å². The minimum atomic E-state index is 0.946. The molecule has 3 rings (SSSR count).